The Morgan fingerprint density at radius 2 is 1.58 bits per heavy atom. The van der Waals surface area contributed by atoms with E-state index in [2.05, 4.69) is 20.0 Å². The van der Waals surface area contributed by atoms with Gasteiger partial charge in [0.05, 0.1) is 0 Å². The summed E-state index contributed by atoms with van der Waals surface area (Å²) < 4.78 is 0. The van der Waals surface area contributed by atoms with E-state index in [4.69, 9.17) is 0 Å². The molecule has 0 aliphatic carbocycles. The van der Waals surface area contributed by atoms with E-state index < -0.39 is 0 Å². The van der Waals surface area contributed by atoms with E-state index in [-0.39, 0.29) is 32.7 Å². The zero-order valence-corrected chi connectivity index (χ0v) is 10.9. The van der Waals surface area contributed by atoms with Crippen molar-refractivity contribution in [3.05, 3.63) is 42.9 Å². The summed E-state index contributed by atoms with van der Waals surface area (Å²) in [5.74, 6) is 0. The second-order valence-corrected chi connectivity index (χ2v) is 2.66. The fraction of sp³-hybridized carbons (Fsp3) is 0.300. The Balaban J connectivity index is 0. The largest absolute Gasteiger partial charge is 3.00 e. The van der Waals surface area contributed by atoms with Crippen LogP contribution in [0.25, 0.3) is 0 Å². The molecule has 0 heterocycles. The fourth-order valence-electron chi connectivity index (χ4n) is 0.470. The third-order valence-electron chi connectivity index (χ3n) is 0.885. The Hall–Kier alpha value is 0.284. The molecule has 0 atom stereocenters. The van der Waals surface area contributed by atoms with Crippen molar-refractivity contribution in [3.63, 3.8) is 0 Å². The van der Waals surface area contributed by atoms with Crippen molar-refractivity contribution >= 4 is 0 Å². The first-order valence-electron chi connectivity index (χ1n) is 3.53. The van der Waals surface area contributed by atoms with Gasteiger partial charge in [0.15, 0.2) is 0 Å². The second-order valence-electron chi connectivity index (χ2n) is 2.66. The molecule has 2 heteroatoms. The van der Waals surface area contributed by atoms with Crippen LogP contribution in [0.2, 0.25) is 0 Å². The second kappa shape index (κ2) is 9.37. The summed E-state index contributed by atoms with van der Waals surface area (Å²) in [4.78, 5) is 1.75. The third-order valence-corrected chi connectivity index (χ3v) is 0.885. The fourth-order valence-corrected chi connectivity index (χ4v) is 0.470. The van der Waals surface area contributed by atoms with E-state index in [1.165, 1.54) is 5.56 Å². The molecule has 0 N–H and O–H groups in total. The van der Waals surface area contributed by atoms with Gasteiger partial charge in [-0.15, -0.1) is 0 Å². The number of aryl methyl sites for hydroxylation is 1. The first-order chi connectivity index (χ1) is 5.13. The molecule has 0 amide bonds. The average Bonchev–Trinajstić information content (AvgIpc) is 1.87. The van der Waals surface area contributed by atoms with Crippen molar-refractivity contribution < 1.29 is 32.7 Å². The van der Waals surface area contributed by atoms with E-state index in [0.717, 1.165) is 0 Å². The molecule has 12 heavy (non-hydrogen) atoms. The van der Waals surface area contributed by atoms with E-state index in [0.29, 0.717) is 0 Å². The van der Waals surface area contributed by atoms with Gasteiger partial charge in [0.2, 0.25) is 0 Å². The molecule has 1 rings (SSSR count). The molecule has 1 aromatic rings. The zero-order valence-electron chi connectivity index (χ0n) is 8.04. The normalized spacial score (nSPS) is 8.08. The maximum Gasteiger partial charge on any atom is 3.00 e. The molecule has 0 aliphatic rings. The maximum atomic E-state index is 3.47. The Bertz CT molecular complexity index is 170. The van der Waals surface area contributed by atoms with Crippen LogP contribution in [0, 0.1) is 20.0 Å². The van der Waals surface area contributed by atoms with E-state index in [1.54, 1.807) is 4.90 Å². The van der Waals surface area contributed by atoms with Crippen LogP contribution in [-0.4, -0.2) is 19.0 Å². The molecule has 0 spiro atoms. The van der Waals surface area contributed by atoms with E-state index in [9.17, 15) is 0 Å². The van der Waals surface area contributed by atoms with Crippen LogP contribution in [0.1, 0.15) is 5.56 Å². The molecule has 1 nitrogen and oxygen atoms in total. The van der Waals surface area contributed by atoms with Crippen LogP contribution >= 0.6 is 0 Å². The third kappa shape index (κ3) is 12.9. The molecule has 0 aliphatic heterocycles. The SMILES string of the molecule is Cc1cc[c-]cc1.[CH2-]N(C)C.[Y+3]. The molecule has 62 valence electrons. The monoisotopic (exact) mass is 238 g/mol. The molecule has 0 radical (unpaired) electrons. The molecule has 0 unspecified atom stereocenters. The Labute approximate surface area is 101 Å². The molecule has 0 saturated carbocycles. The number of rotatable bonds is 0. The topological polar surface area (TPSA) is 3.24 Å². The smallest absolute Gasteiger partial charge is 0.464 e. The predicted molar refractivity (Wildman–Crippen MR) is 49.1 cm³/mol. The van der Waals surface area contributed by atoms with Crippen molar-refractivity contribution in [1.82, 2.24) is 4.90 Å². The minimum atomic E-state index is 0. The van der Waals surface area contributed by atoms with Crippen LogP contribution in [0.5, 0.6) is 0 Å². The Morgan fingerprint density at radius 1 is 1.25 bits per heavy atom. The van der Waals surface area contributed by atoms with Gasteiger partial charge in [-0.25, -0.2) is 0 Å². The van der Waals surface area contributed by atoms with E-state index in [1.807, 2.05) is 38.4 Å². The molecule has 0 saturated heterocycles. The summed E-state index contributed by atoms with van der Waals surface area (Å²) >= 11 is 0. The molecule has 0 aromatic heterocycles. The van der Waals surface area contributed by atoms with Crippen LogP contribution in [0.4, 0.5) is 0 Å². The van der Waals surface area contributed by atoms with Crippen molar-refractivity contribution in [2.75, 3.05) is 14.1 Å². The van der Waals surface area contributed by atoms with Crippen LogP contribution in [0.15, 0.2) is 24.3 Å². The van der Waals surface area contributed by atoms with Gasteiger partial charge < -0.3 is 4.90 Å². The zero-order chi connectivity index (χ0) is 8.69. The summed E-state index contributed by atoms with van der Waals surface area (Å²) in [6.45, 7) is 2.06. The molecule has 0 fully saturated rings. The molecule has 1 aromatic carbocycles. The average molecular weight is 238 g/mol. The van der Waals surface area contributed by atoms with Crippen LogP contribution in [0.3, 0.4) is 0 Å². The summed E-state index contributed by atoms with van der Waals surface area (Å²) in [5.41, 5.74) is 1.29. The standard InChI is InChI=1S/C7H7.C3H8N.Y/c1-7-5-3-2-4-6-7;1-4(2)3;/h3-6H,1H3;1H2,2-3H3;/q2*-1;+3. The summed E-state index contributed by atoms with van der Waals surface area (Å²) in [7, 11) is 7.25. The summed E-state index contributed by atoms with van der Waals surface area (Å²) in [6, 6.07) is 10.8. The Kier molecular flexibility index (Phi) is 11.6. The van der Waals surface area contributed by atoms with Gasteiger partial charge >= 0.3 is 32.7 Å². The van der Waals surface area contributed by atoms with E-state index >= 15 is 0 Å². The molecular formula is C10H15NY+. The first kappa shape index (κ1) is 14.8. The number of hydrogen-bond acceptors (Lipinski definition) is 1. The minimum absolute atomic E-state index is 0. The predicted octanol–water partition coefficient (Wildman–Crippen LogP) is 2.13. The van der Waals surface area contributed by atoms with Gasteiger partial charge in [0.25, 0.3) is 0 Å². The number of nitrogens with zero attached hydrogens (tertiary/aromatic N) is 1. The van der Waals surface area contributed by atoms with Crippen molar-refractivity contribution in [3.8, 4) is 0 Å². The maximum absolute atomic E-state index is 3.47. The summed E-state index contributed by atoms with van der Waals surface area (Å²) in [6.07, 6.45) is 0. The number of benzene rings is 1. The van der Waals surface area contributed by atoms with Gasteiger partial charge in [-0.3, -0.25) is 7.05 Å². The summed E-state index contributed by atoms with van der Waals surface area (Å²) in [5, 5.41) is 0. The molecular weight excluding hydrogens is 223 g/mol. The van der Waals surface area contributed by atoms with Gasteiger partial charge in [-0.2, -0.15) is 35.9 Å². The van der Waals surface area contributed by atoms with Crippen LogP contribution < -0.4 is 0 Å². The Morgan fingerprint density at radius 3 is 1.75 bits per heavy atom. The first-order valence-corrected chi connectivity index (χ1v) is 3.53. The van der Waals surface area contributed by atoms with Crippen molar-refractivity contribution in [2.24, 2.45) is 0 Å². The quantitative estimate of drug-likeness (QED) is 0.626. The molecule has 0 bridgehead atoms. The van der Waals surface area contributed by atoms with Crippen molar-refractivity contribution in [1.29, 1.82) is 0 Å². The van der Waals surface area contributed by atoms with Gasteiger partial charge in [-0.05, 0) is 14.1 Å². The van der Waals surface area contributed by atoms with Gasteiger partial charge in [0, 0.05) is 0 Å². The van der Waals surface area contributed by atoms with Gasteiger partial charge in [0.1, 0.15) is 0 Å². The number of hydrogen-bond donors (Lipinski definition) is 0. The van der Waals surface area contributed by atoms with Gasteiger partial charge in [-0.1, -0.05) is 6.92 Å². The van der Waals surface area contributed by atoms with Crippen molar-refractivity contribution in [2.45, 2.75) is 6.92 Å². The minimum Gasteiger partial charge on any atom is -0.464 e. The van der Waals surface area contributed by atoms with Crippen LogP contribution in [-0.2, 0) is 32.7 Å².